The zero-order valence-electron chi connectivity index (χ0n) is 35.9. The van der Waals surface area contributed by atoms with Crippen LogP contribution >= 0.6 is 158 Å². The van der Waals surface area contributed by atoms with Crippen LogP contribution in [-0.4, -0.2) is 77.5 Å². The summed E-state index contributed by atoms with van der Waals surface area (Å²) in [5.41, 5.74) is 6.96. The summed E-state index contributed by atoms with van der Waals surface area (Å²) in [6.07, 6.45) is 0. The minimum absolute atomic E-state index is 0.00930. The molecule has 0 aliphatic rings. The predicted octanol–water partition coefficient (Wildman–Crippen LogP) is 12.8. The first kappa shape index (κ1) is 60.7. The molecule has 0 spiro atoms. The molecule has 346 valence electrons. The smallest absolute Gasteiger partial charge is 0.342 e. The van der Waals surface area contributed by atoms with E-state index < -0.39 is 0 Å². The molecular formula is C44H49I7O12. The number of hydrogen-bond donors (Lipinski definition) is 0. The number of carbonyl (C=O) groups is 4. The normalized spacial score (nSPS) is 10.2. The van der Waals surface area contributed by atoms with E-state index in [4.69, 9.17) is 37.9 Å². The van der Waals surface area contributed by atoms with E-state index in [1.54, 1.807) is 12.1 Å². The molecule has 63 heavy (non-hydrogen) atoms. The van der Waals surface area contributed by atoms with Gasteiger partial charge in [0.15, 0.2) is 27.2 Å². The highest BCUT2D eigenvalue weighted by atomic mass is 127. The van der Waals surface area contributed by atoms with Crippen LogP contribution in [0.25, 0.3) is 0 Å². The van der Waals surface area contributed by atoms with E-state index >= 15 is 0 Å². The van der Waals surface area contributed by atoms with Crippen molar-refractivity contribution in [2.24, 2.45) is 0 Å². The number of aryl methyl sites for hydroxylation is 4. The second kappa shape index (κ2) is 34.1. The zero-order valence-corrected chi connectivity index (χ0v) is 51.0. The fourth-order valence-electron chi connectivity index (χ4n) is 4.31. The highest BCUT2D eigenvalue weighted by molar-refractivity contribution is 14.1. The van der Waals surface area contributed by atoms with Gasteiger partial charge in [-0.15, -0.1) is 0 Å². The first-order valence-corrected chi connectivity index (χ1v) is 26.5. The Morgan fingerprint density at radius 1 is 0.397 bits per heavy atom. The van der Waals surface area contributed by atoms with Crippen LogP contribution in [-0.2, 0) is 37.9 Å². The summed E-state index contributed by atoms with van der Waals surface area (Å²) >= 11 is 15.1. The summed E-state index contributed by atoms with van der Waals surface area (Å²) in [7, 11) is 0. The Balaban J connectivity index is 0.000000420. The van der Waals surface area contributed by atoms with Crippen LogP contribution in [0.2, 0.25) is 0 Å². The molecule has 0 N–H and O–H groups in total. The van der Waals surface area contributed by atoms with Crippen LogP contribution < -0.4 is 0 Å². The van der Waals surface area contributed by atoms with Crippen molar-refractivity contribution in [2.45, 2.75) is 55.4 Å². The van der Waals surface area contributed by atoms with Crippen molar-refractivity contribution >= 4 is 182 Å². The largest absolute Gasteiger partial charge is 0.435 e. The minimum Gasteiger partial charge on any atom is -0.435 e. The first-order valence-electron chi connectivity index (χ1n) is 19.0. The molecule has 0 saturated heterocycles. The van der Waals surface area contributed by atoms with E-state index in [-0.39, 0.29) is 51.0 Å². The summed E-state index contributed by atoms with van der Waals surface area (Å²) in [5.74, 6) is -1.35. The molecule has 0 aromatic heterocycles. The number of carbonyl (C=O) groups excluding carboxylic acids is 4. The molecule has 0 fully saturated rings. The molecule has 0 bridgehead atoms. The second-order valence-electron chi connectivity index (χ2n) is 12.4. The van der Waals surface area contributed by atoms with Crippen molar-refractivity contribution in [3.05, 3.63) is 124 Å². The average Bonchev–Trinajstić information content (AvgIpc) is 3.22. The molecular weight excluding hydrogens is 1610 g/mol. The van der Waals surface area contributed by atoms with Gasteiger partial charge in [0, 0.05) is 51.4 Å². The molecule has 0 heterocycles. The van der Waals surface area contributed by atoms with E-state index in [2.05, 4.69) is 158 Å². The number of benzene rings is 4. The Morgan fingerprint density at radius 3 is 1.25 bits per heavy atom. The van der Waals surface area contributed by atoms with Crippen molar-refractivity contribution in [3.8, 4) is 0 Å². The van der Waals surface area contributed by atoms with Crippen LogP contribution in [0.4, 0.5) is 0 Å². The van der Waals surface area contributed by atoms with Gasteiger partial charge in [-0.1, -0.05) is 17.7 Å². The maximum absolute atomic E-state index is 11.8. The van der Waals surface area contributed by atoms with Crippen molar-refractivity contribution in [1.82, 2.24) is 0 Å². The highest BCUT2D eigenvalue weighted by Gasteiger charge is 2.17. The van der Waals surface area contributed by atoms with Gasteiger partial charge in [0.2, 0.25) is 0 Å². The highest BCUT2D eigenvalue weighted by Crippen LogP contribution is 2.25. The number of rotatable bonds is 16. The number of hydrogen-bond acceptors (Lipinski definition) is 12. The fraction of sp³-hybridized carbons (Fsp3) is 0.364. The molecule has 0 atom stereocenters. The van der Waals surface area contributed by atoms with Gasteiger partial charge in [-0.3, -0.25) is 0 Å². The fourth-order valence-corrected chi connectivity index (χ4v) is 10.3. The number of ether oxygens (including phenoxy) is 8. The molecule has 4 rings (SSSR count). The van der Waals surface area contributed by atoms with Crippen LogP contribution in [0.3, 0.4) is 0 Å². The van der Waals surface area contributed by atoms with Crippen LogP contribution in [0.5, 0.6) is 0 Å². The third-order valence-corrected chi connectivity index (χ3v) is 15.8. The van der Waals surface area contributed by atoms with Gasteiger partial charge >= 0.3 is 23.9 Å². The average molecular weight is 1660 g/mol. The Labute approximate surface area is 465 Å². The second-order valence-corrected chi connectivity index (χ2v) is 20.4. The van der Waals surface area contributed by atoms with Crippen molar-refractivity contribution in [1.29, 1.82) is 0 Å². The first-order chi connectivity index (χ1) is 29.8. The maximum Gasteiger partial charge on any atom is 0.342 e. The SMILES string of the molecule is CCOCOC(=O)c1c(I)cc(C)cc1I.CCOCOC(=O)c1cc(I)c(C)cc1I.CCOCOC(=O)c1ccc(C)c(I)c1I.CCOCOC(=O)c1ccc(C)cc1I. The van der Waals surface area contributed by atoms with Gasteiger partial charge in [0.1, 0.15) is 0 Å². The summed E-state index contributed by atoms with van der Waals surface area (Å²) in [6, 6.07) is 17.0. The molecule has 0 saturated carbocycles. The predicted molar refractivity (Wildman–Crippen MR) is 301 cm³/mol. The molecule has 0 unspecified atom stereocenters. The zero-order chi connectivity index (χ0) is 47.6. The Kier molecular flexibility index (Phi) is 32.8. The van der Waals surface area contributed by atoms with Gasteiger partial charge in [-0.25, -0.2) is 19.2 Å². The lowest BCUT2D eigenvalue weighted by Gasteiger charge is -2.09. The van der Waals surface area contributed by atoms with Crippen molar-refractivity contribution in [2.75, 3.05) is 53.6 Å². The number of esters is 4. The van der Waals surface area contributed by atoms with E-state index in [9.17, 15) is 19.2 Å². The quantitative estimate of drug-likeness (QED) is 0.0346. The van der Waals surface area contributed by atoms with Gasteiger partial charge in [-0.2, -0.15) is 0 Å². The van der Waals surface area contributed by atoms with E-state index in [1.807, 2.05) is 97.9 Å². The topological polar surface area (TPSA) is 142 Å². The Morgan fingerprint density at radius 2 is 0.794 bits per heavy atom. The molecule has 4 aromatic carbocycles. The Hall–Kier alpha value is -0.290. The molecule has 19 heteroatoms. The molecule has 0 aliphatic heterocycles. The molecule has 12 nitrogen and oxygen atoms in total. The Bertz CT molecular complexity index is 2070. The minimum atomic E-state index is -0.340. The van der Waals surface area contributed by atoms with E-state index in [0.717, 1.165) is 47.2 Å². The molecule has 0 radical (unpaired) electrons. The van der Waals surface area contributed by atoms with E-state index in [1.165, 1.54) is 0 Å². The summed E-state index contributed by atoms with van der Waals surface area (Å²) in [6.45, 7) is 17.6. The number of halogens is 7. The van der Waals surface area contributed by atoms with Gasteiger partial charge in [0.05, 0.1) is 22.3 Å². The molecule has 4 aromatic rings. The van der Waals surface area contributed by atoms with Crippen molar-refractivity contribution in [3.63, 3.8) is 0 Å². The molecule has 0 amide bonds. The maximum atomic E-state index is 11.8. The van der Waals surface area contributed by atoms with Crippen molar-refractivity contribution < 1.29 is 57.1 Å². The lowest BCUT2D eigenvalue weighted by molar-refractivity contribution is -0.0283. The lowest BCUT2D eigenvalue weighted by Crippen LogP contribution is -2.12. The third kappa shape index (κ3) is 23.0. The van der Waals surface area contributed by atoms with Gasteiger partial charge < -0.3 is 37.9 Å². The summed E-state index contributed by atoms with van der Waals surface area (Å²) in [5, 5.41) is 0. The van der Waals surface area contributed by atoms with Crippen LogP contribution in [0.1, 0.15) is 91.4 Å². The van der Waals surface area contributed by atoms with Gasteiger partial charge in [0.25, 0.3) is 0 Å². The van der Waals surface area contributed by atoms with Crippen LogP contribution in [0.15, 0.2) is 54.6 Å². The monoisotopic (exact) mass is 1660 g/mol. The van der Waals surface area contributed by atoms with E-state index in [0.29, 0.717) is 48.7 Å². The third-order valence-electron chi connectivity index (χ3n) is 7.61. The standard InChI is InChI=1S/3C11H12I2O3.C11H13IO3/c1-3-15-6-16-11(14)8-5-9(12)7(2)4-10(8)13;1-3-15-6-16-11(14)10-8(12)4-7(2)5-9(10)13;1-3-15-6-16-11(14)8-5-4-7(2)9(12)10(8)13;1-3-14-7-15-11(13)9-5-4-8(2)6-10(9)12/h3*4-5H,3,6H2,1-2H3;4-6H,3,7H2,1-2H3. The lowest BCUT2D eigenvalue weighted by atomic mass is 10.1. The van der Waals surface area contributed by atoms with Gasteiger partial charge in [-0.05, 0) is 273 Å². The summed E-state index contributed by atoms with van der Waals surface area (Å²) in [4.78, 5) is 46.7. The summed E-state index contributed by atoms with van der Waals surface area (Å²) < 4.78 is 46.4. The molecule has 0 aliphatic carbocycles. The van der Waals surface area contributed by atoms with Crippen LogP contribution in [0, 0.1) is 52.7 Å².